The van der Waals surface area contributed by atoms with Crippen LogP contribution in [0, 0.1) is 0 Å². The molecule has 2 nitrogen and oxygen atoms in total. The Hall–Kier alpha value is -3.65. The van der Waals surface area contributed by atoms with Crippen LogP contribution in [-0.2, 0) is 12.0 Å². The van der Waals surface area contributed by atoms with E-state index in [1.165, 1.54) is 43.7 Å². The van der Waals surface area contributed by atoms with Crippen LogP contribution >= 0.6 is 0 Å². The number of para-hydroxylation sites is 1. The van der Waals surface area contributed by atoms with Gasteiger partial charge in [0.05, 0.1) is 11.4 Å². The lowest BCUT2D eigenvalue weighted by Gasteiger charge is -2.22. The standard InChI is InChI=1S/C30H26N2/c1-4-32-26-12-8-7-11-23(26)24-19-20(13-17-27(24)32)14-18-28-30(2,3)29-22-10-6-5-9-21(22)15-16-25(29)31-28/h5-19H,4H2,1-3H3. The largest absolute Gasteiger partial charge is 0.341 e. The van der Waals surface area contributed by atoms with Gasteiger partial charge in [-0.25, -0.2) is 0 Å². The fourth-order valence-electron chi connectivity index (χ4n) is 5.34. The molecular weight excluding hydrogens is 388 g/mol. The van der Waals surface area contributed by atoms with Crippen molar-refractivity contribution in [1.82, 2.24) is 4.57 Å². The number of nitrogens with zero attached hydrogens (tertiary/aromatic N) is 2. The second-order valence-corrected chi connectivity index (χ2v) is 9.17. The molecule has 1 aromatic heterocycles. The molecule has 0 saturated carbocycles. The number of allylic oxidation sites excluding steroid dienone is 1. The average Bonchev–Trinajstić information content (AvgIpc) is 3.28. The van der Waals surface area contributed by atoms with E-state index in [9.17, 15) is 0 Å². The lowest BCUT2D eigenvalue weighted by atomic mass is 9.79. The van der Waals surface area contributed by atoms with Crippen LogP contribution in [0.1, 0.15) is 31.9 Å². The normalized spacial score (nSPS) is 15.2. The maximum absolute atomic E-state index is 5.02. The van der Waals surface area contributed by atoms with Gasteiger partial charge in [-0.05, 0) is 59.2 Å². The minimum absolute atomic E-state index is 0.130. The first kappa shape index (κ1) is 19.1. The number of aryl methyl sites for hydroxylation is 1. The molecule has 2 heterocycles. The van der Waals surface area contributed by atoms with Crippen LogP contribution in [0.4, 0.5) is 5.69 Å². The number of fused-ring (bicyclic) bond motifs is 6. The van der Waals surface area contributed by atoms with Crippen LogP contribution in [0.15, 0.2) is 89.9 Å². The molecule has 5 aromatic rings. The molecule has 0 atom stereocenters. The van der Waals surface area contributed by atoms with Gasteiger partial charge in [0.1, 0.15) is 0 Å². The first-order valence-corrected chi connectivity index (χ1v) is 11.4. The summed E-state index contributed by atoms with van der Waals surface area (Å²) in [6, 6.07) is 28.4. The summed E-state index contributed by atoms with van der Waals surface area (Å²) in [5.41, 5.74) is 7.20. The molecule has 0 aliphatic carbocycles. The molecule has 0 unspecified atom stereocenters. The molecule has 1 aliphatic heterocycles. The van der Waals surface area contributed by atoms with Gasteiger partial charge in [0.15, 0.2) is 0 Å². The van der Waals surface area contributed by atoms with Gasteiger partial charge in [0.25, 0.3) is 0 Å². The summed E-state index contributed by atoms with van der Waals surface area (Å²) in [5.74, 6) is 0. The predicted octanol–water partition coefficient (Wildman–Crippen LogP) is 8.04. The number of benzene rings is 4. The Morgan fingerprint density at radius 3 is 2.38 bits per heavy atom. The van der Waals surface area contributed by atoms with E-state index in [4.69, 9.17) is 4.99 Å². The Morgan fingerprint density at radius 1 is 0.781 bits per heavy atom. The van der Waals surface area contributed by atoms with Crippen molar-refractivity contribution in [1.29, 1.82) is 0 Å². The van der Waals surface area contributed by atoms with E-state index >= 15 is 0 Å². The highest BCUT2D eigenvalue weighted by Gasteiger charge is 2.34. The molecule has 32 heavy (non-hydrogen) atoms. The molecule has 6 rings (SSSR count). The zero-order valence-electron chi connectivity index (χ0n) is 18.8. The van der Waals surface area contributed by atoms with Crippen LogP contribution in [0.3, 0.4) is 0 Å². The van der Waals surface area contributed by atoms with E-state index in [1.807, 2.05) is 0 Å². The maximum Gasteiger partial charge on any atom is 0.0681 e. The van der Waals surface area contributed by atoms with Crippen molar-refractivity contribution < 1.29 is 0 Å². The SMILES string of the molecule is CCn1c2ccccc2c2cc(C=CC3=Nc4ccc5ccccc5c4C3(C)C)ccc21. The minimum atomic E-state index is -0.130. The monoisotopic (exact) mass is 414 g/mol. The highest BCUT2D eigenvalue weighted by molar-refractivity contribution is 6.14. The lowest BCUT2D eigenvalue weighted by molar-refractivity contribution is 0.747. The van der Waals surface area contributed by atoms with Crippen molar-refractivity contribution in [3.63, 3.8) is 0 Å². The third kappa shape index (κ3) is 2.69. The molecule has 0 radical (unpaired) electrons. The molecule has 1 aliphatic rings. The van der Waals surface area contributed by atoms with E-state index in [1.54, 1.807) is 0 Å². The Labute approximate surface area is 188 Å². The number of rotatable bonds is 3. The quantitative estimate of drug-likeness (QED) is 0.284. The number of hydrogen-bond donors (Lipinski definition) is 0. The topological polar surface area (TPSA) is 17.3 Å². The molecule has 156 valence electrons. The summed E-state index contributed by atoms with van der Waals surface area (Å²) < 4.78 is 2.39. The van der Waals surface area contributed by atoms with Gasteiger partial charge in [-0.2, -0.15) is 0 Å². The fourth-order valence-corrected chi connectivity index (χ4v) is 5.34. The van der Waals surface area contributed by atoms with E-state index in [0.717, 1.165) is 17.9 Å². The minimum Gasteiger partial charge on any atom is -0.341 e. The molecule has 4 aromatic carbocycles. The van der Waals surface area contributed by atoms with Gasteiger partial charge < -0.3 is 4.57 Å². The second kappa shape index (κ2) is 6.93. The Balaban J connectivity index is 1.42. The Bertz CT molecular complexity index is 1580. The average molecular weight is 415 g/mol. The van der Waals surface area contributed by atoms with E-state index in [2.05, 4.69) is 116 Å². The van der Waals surface area contributed by atoms with Crippen molar-refractivity contribution in [3.8, 4) is 0 Å². The van der Waals surface area contributed by atoms with Crippen LogP contribution < -0.4 is 0 Å². The molecular formula is C30H26N2. The summed E-state index contributed by atoms with van der Waals surface area (Å²) in [6.45, 7) is 7.75. The van der Waals surface area contributed by atoms with Gasteiger partial charge in [0.2, 0.25) is 0 Å². The molecule has 2 heteroatoms. The highest BCUT2D eigenvalue weighted by Crippen LogP contribution is 2.44. The predicted molar refractivity (Wildman–Crippen MR) is 138 cm³/mol. The highest BCUT2D eigenvalue weighted by atomic mass is 15.0. The van der Waals surface area contributed by atoms with Crippen molar-refractivity contribution in [2.24, 2.45) is 4.99 Å². The van der Waals surface area contributed by atoms with Crippen LogP contribution in [0.5, 0.6) is 0 Å². The molecule has 0 amide bonds. The second-order valence-electron chi connectivity index (χ2n) is 9.17. The first-order chi connectivity index (χ1) is 15.6. The van der Waals surface area contributed by atoms with Crippen molar-refractivity contribution in [2.45, 2.75) is 32.7 Å². The van der Waals surface area contributed by atoms with E-state index in [-0.39, 0.29) is 5.41 Å². The van der Waals surface area contributed by atoms with Gasteiger partial charge >= 0.3 is 0 Å². The zero-order valence-corrected chi connectivity index (χ0v) is 18.8. The van der Waals surface area contributed by atoms with Crippen molar-refractivity contribution >= 4 is 50.1 Å². The molecule has 0 fully saturated rings. The molecule has 0 N–H and O–H groups in total. The first-order valence-electron chi connectivity index (χ1n) is 11.4. The van der Waals surface area contributed by atoms with Gasteiger partial charge in [-0.1, -0.05) is 74.5 Å². The summed E-state index contributed by atoms with van der Waals surface area (Å²) in [4.78, 5) is 5.02. The van der Waals surface area contributed by atoms with E-state index in [0.29, 0.717) is 0 Å². The third-order valence-corrected chi connectivity index (χ3v) is 6.96. The summed E-state index contributed by atoms with van der Waals surface area (Å²) in [7, 11) is 0. The van der Waals surface area contributed by atoms with Gasteiger partial charge in [0, 0.05) is 33.8 Å². The lowest BCUT2D eigenvalue weighted by Crippen LogP contribution is -2.24. The number of hydrogen-bond acceptors (Lipinski definition) is 1. The van der Waals surface area contributed by atoms with Crippen molar-refractivity contribution in [3.05, 3.63) is 96.1 Å². The van der Waals surface area contributed by atoms with E-state index < -0.39 is 0 Å². The smallest absolute Gasteiger partial charge is 0.0681 e. The molecule has 0 bridgehead atoms. The zero-order chi connectivity index (χ0) is 21.9. The summed E-state index contributed by atoms with van der Waals surface area (Å²) >= 11 is 0. The maximum atomic E-state index is 5.02. The molecule has 0 spiro atoms. The van der Waals surface area contributed by atoms with Gasteiger partial charge in [-0.15, -0.1) is 0 Å². The number of aromatic nitrogens is 1. The Kier molecular flexibility index (Phi) is 4.13. The summed E-state index contributed by atoms with van der Waals surface area (Å²) in [6.07, 6.45) is 4.42. The van der Waals surface area contributed by atoms with Crippen molar-refractivity contribution in [2.75, 3.05) is 0 Å². The van der Waals surface area contributed by atoms with Crippen LogP contribution in [0.2, 0.25) is 0 Å². The Morgan fingerprint density at radius 2 is 1.53 bits per heavy atom. The molecule has 0 saturated heterocycles. The summed E-state index contributed by atoms with van der Waals surface area (Å²) in [5, 5.41) is 5.21. The van der Waals surface area contributed by atoms with Crippen LogP contribution in [-0.4, -0.2) is 10.3 Å². The third-order valence-electron chi connectivity index (χ3n) is 6.96. The number of aliphatic imine (C=N–C) groups is 1. The van der Waals surface area contributed by atoms with Gasteiger partial charge in [-0.3, -0.25) is 4.99 Å². The fraction of sp³-hybridized carbons (Fsp3) is 0.167. The van der Waals surface area contributed by atoms with Crippen LogP contribution in [0.25, 0.3) is 38.7 Å².